The van der Waals surface area contributed by atoms with Crippen molar-refractivity contribution in [1.82, 2.24) is 0 Å². The summed E-state index contributed by atoms with van der Waals surface area (Å²) in [6.45, 7) is 8.57. The van der Waals surface area contributed by atoms with E-state index >= 15 is 0 Å². The summed E-state index contributed by atoms with van der Waals surface area (Å²) >= 11 is 0. The summed E-state index contributed by atoms with van der Waals surface area (Å²) in [5.41, 5.74) is 14.7. The van der Waals surface area contributed by atoms with Crippen LogP contribution in [0.25, 0.3) is 0 Å². The molecule has 0 heterocycles. The maximum Gasteiger partial charge on any atom is 0.0295 e. The Hall–Kier alpha value is -0.860. The topological polar surface area (TPSA) is 52.0 Å². The lowest BCUT2D eigenvalue weighted by Crippen LogP contribution is -2.32. The Balaban J connectivity index is 2.56. The lowest BCUT2D eigenvalue weighted by molar-refractivity contribution is 0.433. The molecule has 102 valence electrons. The van der Waals surface area contributed by atoms with Crippen LogP contribution in [0.4, 0.5) is 0 Å². The van der Waals surface area contributed by atoms with Gasteiger partial charge in [0.25, 0.3) is 0 Å². The van der Waals surface area contributed by atoms with Gasteiger partial charge < -0.3 is 11.5 Å². The number of benzene rings is 1. The molecule has 0 aliphatic heterocycles. The van der Waals surface area contributed by atoms with E-state index < -0.39 is 0 Å². The highest BCUT2D eigenvalue weighted by Gasteiger charge is 2.14. The van der Waals surface area contributed by atoms with Crippen LogP contribution >= 0.6 is 0 Å². The third-order valence-corrected chi connectivity index (χ3v) is 3.15. The van der Waals surface area contributed by atoms with Crippen molar-refractivity contribution in [3.63, 3.8) is 0 Å². The van der Waals surface area contributed by atoms with Crippen LogP contribution < -0.4 is 11.5 Å². The first-order valence-electron chi connectivity index (χ1n) is 6.91. The Morgan fingerprint density at radius 2 is 1.67 bits per heavy atom. The third kappa shape index (κ3) is 5.65. The second-order valence-corrected chi connectivity index (χ2v) is 6.47. The highest BCUT2D eigenvalue weighted by atomic mass is 14.7. The van der Waals surface area contributed by atoms with Crippen LogP contribution in [-0.4, -0.2) is 5.54 Å². The van der Waals surface area contributed by atoms with Crippen LogP contribution in [-0.2, 0) is 6.42 Å². The van der Waals surface area contributed by atoms with E-state index in [4.69, 9.17) is 11.5 Å². The van der Waals surface area contributed by atoms with E-state index in [1.807, 2.05) is 13.8 Å². The average molecular weight is 248 g/mol. The van der Waals surface area contributed by atoms with Gasteiger partial charge >= 0.3 is 0 Å². The monoisotopic (exact) mass is 248 g/mol. The van der Waals surface area contributed by atoms with Gasteiger partial charge in [-0.3, -0.25) is 0 Å². The highest BCUT2D eigenvalue weighted by molar-refractivity contribution is 5.25. The van der Waals surface area contributed by atoms with Gasteiger partial charge in [0, 0.05) is 11.6 Å². The Morgan fingerprint density at radius 1 is 1.11 bits per heavy atom. The van der Waals surface area contributed by atoms with Gasteiger partial charge in [-0.05, 0) is 50.2 Å². The van der Waals surface area contributed by atoms with Gasteiger partial charge in [-0.25, -0.2) is 0 Å². The van der Waals surface area contributed by atoms with Crippen molar-refractivity contribution in [3.8, 4) is 0 Å². The van der Waals surface area contributed by atoms with Gasteiger partial charge in [-0.1, -0.05) is 38.1 Å². The Labute approximate surface area is 112 Å². The molecule has 2 nitrogen and oxygen atoms in total. The molecule has 0 spiro atoms. The lowest BCUT2D eigenvalue weighted by Gasteiger charge is -2.21. The molecule has 1 unspecified atom stereocenters. The molecule has 0 bridgehead atoms. The molecule has 1 atom stereocenters. The normalized spacial score (nSPS) is 13.9. The second-order valence-electron chi connectivity index (χ2n) is 6.47. The lowest BCUT2D eigenvalue weighted by atomic mass is 9.93. The summed E-state index contributed by atoms with van der Waals surface area (Å²) in [6.07, 6.45) is 3.01. The van der Waals surface area contributed by atoms with E-state index in [0.717, 1.165) is 19.3 Å². The van der Waals surface area contributed by atoms with Crippen molar-refractivity contribution in [3.05, 3.63) is 35.4 Å². The molecule has 0 fully saturated rings. The summed E-state index contributed by atoms with van der Waals surface area (Å²) in [7, 11) is 0. The van der Waals surface area contributed by atoms with E-state index in [1.165, 1.54) is 11.1 Å². The number of hydrogen-bond acceptors (Lipinski definition) is 2. The molecule has 0 radical (unpaired) electrons. The molecule has 0 aromatic heterocycles. The van der Waals surface area contributed by atoms with Gasteiger partial charge in [0.05, 0.1) is 0 Å². The molecule has 1 aromatic carbocycles. The summed E-state index contributed by atoms with van der Waals surface area (Å²) in [4.78, 5) is 0. The summed E-state index contributed by atoms with van der Waals surface area (Å²) < 4.78 is 0. The van der Waals surface area contributed by atoms with Crippen LogP contribution in [0.5, 0.6) is 0 Å². The number of hydrogen-bond donors (Lipinski definition) is 2. The molecule has 2 heteroatoms. The van der Waals surface area contributed by atoms with Gasteiger partial charge in [-0.15, -0.1) is 0 Å². The molecule has 1 aromatic rings. The molecule has 0 aliphatic rings. The second kappa shape index (κ2) is 6.35. The van der Waals surface area contributed by atoms with Crippen LogP contribution in [0.2, 0.25) is 0 Å². The molecule has 1 rings (SSSR count). The largest absolute Gasteiger partial charge is 0.326 e. The minimum atomic E-state index is -0.130. The van der Waals surface area contributed by atoms with E-state index in [2.05, 4.69) is 38.1 Å². The van der Waals surface area contributed by atoms with Crippen molar-refractivity contribution in [1.29, 1.82) is 0 Å². The van der Waals surface area contributed by atoms with Gasteiger partial charge in [-0.2, -0.15) is 0 Å². The predicted molar refractivity (Wildman–Crippen MR) is 79.4 cm³/mol. The van der Waals surface area contributed by atoms with Crippen molar-refractivity contribution in [2.24, 2.45) is 17.4 Å². The molecule has 0 amide bonds. The first-order valence-corrected chi connectivity index (χ1v) is 6.91. The summed E-state index contributed by atoms with van der Waals surface area (Å²) in [5, 5.41) is 0. The number of rotatable bonds is 6. The van der Waals surface area contributed by atoms with Crippen molar-refractivity contribution >= 4 is 0 Å². The van der Waals surface area contributed by atoms with Crippen LogP contribution in [0, 0.1) is 5.92 Å². The maximum absolute atomic E-state index is 6.20. The molecular weight excluding hydrogens is 220 g/mol. The molecule has 4 N–H and O–H groups in total. The number of nitrogens with two attached hydrogens (primary N) is 2. The quantitative estimate of drug-likeness (QED) is 0.810. The smallest absolute Gasteiger partial charge is 0.0295 e. The zero-order valence-electron chi connectivity index (χ0n) is 12.2. The summed E-state index contributed by atoms with van der Waals surface area (Å²) in [6, 6.07) is 8.81. The minimum absolute atomic E-state index is 0.0981. The van der Waals surface area contributed by atoms with Crippen LogP contribution in [0.15, 0.2) is 24.3 Å². The van der Waals surface area contributed by atoms with Crippen molar-refractivity contribution in [2.75, 3.05) is 0 Å². The third-order valence-electron chi connectivity index (χ3n) is 3.15. The predicted octanol–water partition coefficient (Wildman–Crippen LogP) is 3.40. The molecule has 18 heavy (non-hydrogen) atoms. The Morgan fingerprint density at radius 3 is 2.11 bits per heavy atom. The minimum Gasteiger partial charge on any atom is -0.326 e. The fourth-order valence-corrected chi connectivity index (χ4v) is 2.07. The molecule has 0 aliphatic carbocycles. The molecule has 0 saturated heterocycles. The van der Waals surface area contributed by atoms with E-state index in [-0.39, 0.29) is 11.6 Å². The van der Waals surface area contributed by atoms with E-state index in [0.29, 0.717) is 5.92 Å². The average Bonchev–Trinajstić information content (AvgIpc) is 2.25. The van der Waals surface area contributed by atoms with E-state index in [1.54, 1.807) is 0 Å². The Bertz CT molecular complexity index is 346. The van der Waals surface area contributed by atoms with Gasteiger partial charge in [0.15, 0.2) is 0 Å². The van der Waals surface area contributed by atoms with Crippen LogP contribution in [0.3, 0.4) is 0 Å². The van der Waals surface area contributed by atoms with Gasteiger partial charge in [0.2, 0.25) is 0 Å². The van der Waals surface area contributed by atoms with E-state index in [9.17, 15) is 0 Å². The summed E-state index contributed by atoms with van der Waals surface area (Å²) in [5.74, 6) is 0.697. The fourth-order valence-electron chi connectivity index (χ4n) is 2.07. The Kier molecular flexibility index (Phi) is 5.36. The van der Waals surface area contributed by atoms with Gasteiger partial charge in [0.1, 0.15) is 0 Å². The van der Waals surface area contributed by atoms with Crippen molar-refractivity contribution < 1.29 is 0 Å². The van der Waals surface area contributed by atoms with Crippen molar-refractivity contribution in [2.45, 2.75) is 58.5 Å². The zero-order valence-corrected chi connectivity index (χ0v) is 12.2. The SMILES string of the molecule is CC(C)Cc1ccc(C(N)CCC(C)(C)N)cc1. The zero-order chi connectivity index (χ0) is 13.8. The highest BCUT2D eigenvalue weighted by Crippen LogP contribution is 2.20. The fraction of sp³-hybridized carbons (Fsp3) is 0.625. The first kappa shape index (κ1) is 15.2. The molecular formula is C16H28N2. The standard InChI is InChI=1S/C16H28N2/c1-12(2)11-13-5-7-14(8-6-13)15(17)9-10-16(3,4)18/h5-8,12,15H,9-11,17-18H2,1-4H3. The maximum atomic E-state index is 6.20. The molecule has 0 saturated carbocycles. The van der Waals surface area contributed by atoms with Crippen LogP contribution in [0.1, 0.15) is 57.7 Å². The first-order chi connectivity index (χ1) is 8.28.